The highest BCUT2D eigenvalue weighted by molar-refractivity contribution is 9.10. The Bertz CT molecular complexity index is 584. The van der Waals surface area contributed by atoms with Crippen molar-refractivity contribution in [2.24, 2.45) is 0 Å². The molecule has 2 aromatic rings. The van der Waals surface area contributed by atoms with Gasteiger partial charge >= 0.3 is 0 Å². The van der Waals surface area contributed by atoms with E-state index in [9.17, 15) is 0 Å². The van der Waals surface area contributed by atoms with Gasteiger partial charge in [-0.3, -0.25) is 0 Å². The highest BCUT2D eigenvalue weighted by atomic mass is 79.9. The molecule has 100 valence electrons. The third-order valence-corrected chi connectivity index (χ3v) is 4.30. The predicted molar refractivity (Wildman–Crippen MR) is 87.3 cm³/mol. The van der Waals surface area contributed by atoms with Gasteiger partial charge in [-0.1, -0.05) is 58.2 Å². The Balaban J connectivity index is 2.17. The maximum absolute atomic E-state index is 6.18. The molecule has 0 radical (unpaired) electrons. The highest BCUT2D eigenvalue weighted by Gasteiger charge is 2.06. The van der Waals surface area contributed by atoms with Crippen LogP contribution in [-0.4, -0.2) is 0 Å². The molecule has 0 saturated heterocycles. The lowest BCUT2D eigenvalue weighted by molar-refractivity contribution is 1.09. The van der Waals surface area contributed by atoms with Gasteiger partial charge in [0.2, 0.25) is 0 Å². The lowest BCUT2D eigenvalue weighted by Crippen LogP contribution is -2.02. The van der Waals surface area contributed by atoms with Gasteiger partial charge in [-0.15, -0.1) is 0 Å². The van der Waals surface area contributed by atoms with Gasteiger partial charge < -0.3 is 5.32 Å². The fourth-order valence-electron chi connectivity index (χ4n) is 1.90. The first-order chi connectivity index (χ1) is 9.11. The predicted octanol–water partition coefficient (Wildman–Crippen LogP) is 5.93. The number of rotatable bonds is 4. The summed E-state index contributed by atoms with van der Waals surface area (Å²) in [5, 5.41) is 4.62. The molecule has 2 rings (SSSR count). The van der Waals surface area contributed by atoms with Crippen LogP contribution < -0.4 is 5.32 Å². The average Bonchev–Trinajstić information content (AvgIpc) is 2.41. The molecular formula is C15H14BrCl2N. The van der Waals surface area contributed by atoms with E-state index in [0.29, 0.717) is 16.6 Å². The first-order valence-electron chi connectivity index (χ1n) is 6.07. The molecule has 0 aromatic heterocycles. The Morgan fingerprint density at radius 1 is 1.11 bits per heavy atom. The quantitative estimate of drug-likeness (QED) is 0.714. The molecule has 1 nitrogen and oxygen atoms in total. The molecule has 0 heterocycles. The highest BCUT2D eigenvalue weighted by Crippen LogP contribution is 2.27. The molecule has 0 bridgehead atoms. The molecule has 0 fully saturated rings. The molecule has 0 saturated carbocycles. The van der Waals surface area contributed by atoms with Crippen LogP contribution >= 0.6 is 39.1 Å². The number of halogens is 3. The van der Waals surface area contributed by atoms with Crippen LogP contribution in [0.2, 0.25) is 10.0 Å². The molecule has 0 atom stereocenters. The number of hydrogen-bond donors (Lipinski definition) is 1. The topological polar surface area (TPSA) is 12.0 Å². The second kappa shape index (κ2) is 6.65. The Kier molecular flexibility index (Phi) is 5.14. The van der Waals surface area contributed by atoms with Crippen molar-refractivity contribution in [3.8, 4) is 0 Å². The first-order valence-corrected chi connectivity index (χ1v) is 7.62. The van der Waals surface area contributed by atoms with Crippen LogP contribution in [0.25, 0.3) is 0 Å². The van der Waals surface area contributed by atoms with Gasteiger partial charge in [0.25, 0.3) is 0 Å². The molecule has 4 heteroatoms. The summed E-state index contributed by atoms with van der Waals surface area (Å²) in [7, 11) is 0. The largest absolute Gasteiger partial charge is 0.381 e. The van der Waals surface area contributed by atoms with E-state index < -0.39 is 0 Å². The smallest absolute Gasteiger partial charge is 0.0642 e. The van der Waals surface area contributed by atoms with Crippen LogP contribution in [0.5, 0.6) is 0 Å². The fraction of sp³-hybridized carbons (Fsp3) is 0.200. The van der Waals surface area contributed by atoms with E-state index in [1.54, 1.807) is 6.07 Å². The maximum Gasteiger partial charge on any atom is 0.0642 e. The molecule has 0 aliphatic carbocycles. The van der Waals surface area contributed by atoms with E-state index in [-0.39, 0.29) is 0 Å². The Morgan fingerprint density at radius 2 is 1.89 bits per heavy atom. The zero-order valence-corrected chi connectivity index (χ0v) is 13.6. The summed E-state index contributed by atoms with van der Waals surface area (Å²) < 4.78 is 1.09. The van der Waals surface area contributed by atoms with E-state index in [1.165, 1.54) is 5.56 Å². The monoisotopic (exact) mass is 357 g/mol. The lowest BCUT2D eigenvalue weighted by Gasteiger charge is -2.12. The number of anilines is 1. The van der Waals surface area contributed by atoms with Crippen molar-refractivity contribution < 1.29 is 0 Å². The van der Waals surface area contributed by atoms with E-state index in [2.05, 4.69) is 40.3 Å². The van der Waals surface area contributed by atoms with Crippen LogP contribution in [0.1, 0.15) is 18.1 Å². The minimum absolute atomic E-state index is 0.590. The number of nitrogens with one attached hydrogen (secondary N) is 1. The number of aryl methyl sites for hydroxylation is 1. The Labute approximate surface area is 132 Å². The molecule has 0 aliphatic heterocycles. The normalized spacial score (nSPS) is 10.5. The number of benzene rings is 2. The van der Waals surface area contributed by atoms with Crippen molar-refractivity contribution in [3.05, 3.63) is 62.0 Å². The molecule has 0 amide bonds. The molecule has 0 aliphatic rings. The van der Waals surface area contributed by atoms with Crippen LogP contribution in [0, 0.1) is 0 Å². The van der Waals surface area contributed by atoms with Crippen LogP contribution in [0.3, 0.4) is 0 Å². The minimum atomic E-state index is 0.590. The van der Waals surface area contributed by atoms with Crippen molar-refractivity contribution >= 4 is 44.8 Å². The average molecular weight is 359 g/mol. The van der Waals surface area contributed by atoms with Gasteiger partial charge in [0, 0.05) is 16.7 Å². The van der Waals surface area contributed by atoms with Crippen molar-refractivity contribution in [2.45, 2.75) is 19.9 Å². The lowest BCUT2D eigenvalue weighted by atomic mass is 10.1. The Morgan fingerprint density at radius 3 is 2.63 bits per heavy atom. The Hall–Kier alpha value is -0.700. The zero-order chi connectivity index (χ0) is 13.8. The third-order valence-electron chi connectivity index (χ3n) is 2.95. The molecule has 1 N–H and O–H groups in total. The van der Waals surface area contributed by atoms with Crippen molar-refractivity contribution in [1.82, 2.24) is 0 Å². The summed E-state index contributed by atoms with van der Waals surface area (Å²) in [4.78, 5) is 0. The maximum atomic E-state index is 6.18. The van der Waals surface area contributed by atoms with Gasteiger partial charge in [0.15, 0.2) is 0 Å². The molecule has 0 spiro atoms. The van der Waals surface area contributed by atoms with Crippen LogP contribution in [0.4, 0.5) is 5.69 Å². The summed E-state index contributed by atoms with van der Waals surface area (Å²) in [6.45, 7) is 2.80. The number of hydrogen-bond acceptors (Lipinski definition) is 1. The summed E-state index contributed by atoms with van der Waals surface area (Å²) in [5.41, 5.74) is 3.40. The van der Waals surface area contributed by atoms with Crippen LogP contribution in [-0.2, 0) is 13.0 Å². The van der Waals surface area contributed by atoms with E-state index in [4.69, 9.17) is 23.2 Å². The van der Waals surface area contributed by atoms with E-state index >= 15 is 0 Å². The van der Waals surface area contributed by atoms with Gasteiger partial charge in [-0.05, 0) is 41.8 Å². The van der Waals surface area contributed by atoms with Crippen molar-refractivity contribution in [1.29, 1.82) is 0 Å². The summed E-state index contributed by atoms with van der Waals surface area (Å²) >= 11 is 15.7. The summed E-state index contributed by atoms with van der Waals surface area (Å²) in [6, 6.07) is 11.9. The standard InChI is InChI=1S/C15H14BrCl2N/c1-2-10-8-12(16)6-7-14(10)19-9-11-4-3-5-13(17)15(11)18/h3-8,19H,2,9H2,1H3. The van der Waals surface area contributed by atoms with Crippen molar-refractivity contribution in [2.75, 3.05) is 5.32 Å². The second-order valence-electron chi connectivity index (χ2n) is 4.22. The molecular weight excluding hydrogens is 345 g/mol. The fourth-order valence-corrected chi connectivity index (χ4v) is 2.70. The third kappa shape index (κ3) is 3.65. The van der Waals surface area contributed by atoms with Gasteiger partial charge in [-0.2, -0.15) is 0 Å². The van der Waals surface area contributed by atoms with E-state index in [0.717, 1.165) is 22.1 Å². The minimum Gasteiger partial charge on any atom is -0.381 e. The van der Waals surface area contributed by atoms with Gasteiger partial charge in [0.1, 0.15) is 0 Å². The van der Waals surface area contributed by atoms with Gasteiger partial charge in [-0.25, -0.2) is 0 Å². The molecule has 0 unspecified atom stereocenters. The summed E-state index contributed by atoms with van der Waals surface area (Å²) in [5.74, 6) is 0. The second-order valence-corrected chi connectivity index (χ2v) is 5.92. The SMILES string of the molecule is CCc1cc(Br)ccc1NCc1cccc(Cl)c1Cl. The first kappa shape index (κ1) is 14.7. The van der Waals surface area contributed by atoms with Gasteiger partial charge in [0.05, 0.1) is 10.0 Å². The molecule has 2 aromatic carbocycles. The molecule has 19 heavy (non-hydrogen) atoms. The van der Waals surface area contributed by atoms with Crippen LogP contribution in [0.15, 0.2) is 40.9 Å². The zero-order valence-electron chi connectivity index (χ0n) is 10.5. The summed E-state index contributed by atoms with van der Waals surface area (Å²) in [6.07, 6.45) is 0.977. The van der Waals surface area contributed by atoms with Crippen molar-refractivity contribution in [3.63, 3.8) is 0 Å². The van der Waals surface area contributed by atoms with E-state index in [1.807, 2.05) is 18.2 Å².